The van der Waals surface area contributed by atoms with Crippen molar-refractivity contribution in [3.63, 3.8) is 0 Å². The van der Waals surface area contributed by atoms with Crippen LogP contribution in [0.25, 0.3) is 0 Å². The number of thioether (sulfide) groups is 1. The Morgan fingerprint density at radius 2 is 1.73 bits per heavy atom. The van der Waals surface area contributed by atoms with Crippen molar-refractivity contribution in [2.45, 2.75) is 19.1 Å². The number of halogens is 1. The Bertz CT molecular complexity index is 1160. The zero-order valence-corrected chi connectivity index (χ0v) is 19.1. The predicted molar refractivity (Wildman–Crippen MR) is 129 cm³/mol. The predicted octanol–water partition coefficient (Wildman–Crippen LogP) is 6.61. The molecule has 2 aliphatic heterocycles. The number of nitrogens with zero attached hydrogens (tertiary/aromatic N) is 3. The first-order chi connectivity index (χ1) is 14.6. The summed E-state index contributed by atoms with van der Waals surface area (Å²) in [6.45, 7) is 2.09. The summed E-state index contributed by atoms with van der Waals surface area (Å²) in [5.41, 5.74) is 4.38. The van der Waals surface area contributed by atoms with Crippen molar-refractivity contribution in [1.29, 1.82) is 0 Å². The highest BCUT2D eigenvalue weighted by molar-refractivity contribution is 9.10. The van der Waals surface area contributed by atoms with Gasteiger partial charge >= 0.3 is 0 Å². The van der Waals surface area contributed by atoms with Crippen LogP contribution < -0.4 is 4.90 Å². The van der Waals surface area contributed by atoms with E-state index in [0.29, 0.717) is 6.42 Å². The fourth-order valence-electron chi connectivity index (χ4n) is 3.91. The zero-order valence-electron chi connectivity index (χ0n) is 16.7. The highest BCUT2D eigenvalue weighted by atomic mass is 79.9. The van der Waals surface area contributed by atoms with E-state index < -0.39 is 5.72 Å². The van der Waals surface area contributed by atoms with Gasteiger partial charge in [-0.15, -0.1) is 11.8 Å². The van der Waals surface area contributed by atoms with Crippen molar-refractivity contribution >= 4 is 49.9 Å². The van der Waals surface area contributed by atoms with Crippen molar-refractivity contribution in [2.75, 3.05) is 11.2 Å². The van der Waals surface area contributed by atoms with E-state index in [1.807, 2.05) is 30.3 Å². The lowest BCUT2D eigenvalue weighted by atomic mass is 9.96. The largest absolute Gasteiger partial charge is 0.359 e. The van der Waals surface area contributed by atoms with Crippen LogP contribution in [0.15, 0.2) is 87.4 Å². The van der Waals surface area contributed by atoms with Crippen molar-refractivity contribution in [1.82, 2.24) is 0 Å². The SMILES string of the molecule is CSC1=Nc2ccccc2N2C(c3ccc(C)cc3)=NOC2(c2ccc(Br)cc2)C1. The first-order valence-corrected chi connectivity index (χ1v) is 11.7. The molecule has 0 fully saturated rings. The molecule has 3 aromatic rings. The Morgan fingerprint density at radius 1 is 1.00 bits per heavy atom. The summed E-state index contributed by atoms with van der Waals surface area (Å²) in [6, 6.07) is 24.9. The standard InChI is InChI=1S/C24H20BrN3OS/c1-16-7-9-17(10-8-16)23-27-29-24(18-11-13-19(25)14-12-18)15-22(30-2)26-20-5-3-4-6-21(20)28(23)24/h3-14H,15H2,1-2H3. The molecule has 150 valence electrons. The summed E-state index contributed by atoms with van der Waals surface area (Å²) in [4.78, 5) is 13.5. The smallest absolute Gasteiger partial charge is 0.247 e. The Morgan fingerprint density at radius 3 is 2.47 bits per heavy atom. The molecule has 2 aliphatic rings. The molecule has 30 heavy (non-hydrogen) atoms. The number of rotatable bonds is 2. The second kappa shape index (κ2) is 7.60. The third-order valence-electron chi connectivity index (χ3n) is 5.46. The van der Waals surface area contributed by atoms with Gasteiger partial charge in [0.1, 0.15) is 0 Å². The van der Waals surface area contributed by atoms with Crippen LogP contribution >= 0.6 is 27.7 Å². The number of oxime groups is 1. The van der Waals surface area contributed by atoms with Gasteiger partial charge in [0.15, 0.2) is 5.84 Å². The second-order valence-corrected chi connectivity index (χ2v) is 9.17. The molecule has 4 nitrogen and oxygen atoms in total. The highest BCUT2D eigenvalue weighted by Gasteiger charge is 2.51. The van der Waals surface area contributed by atoms with Crippen molar-refractivity contribution in [3.8, 4) is 0 Å². The number of amidine groups is 1. The van der Waals surface area contributed by atoms with Crippen LogP contribution in [0, 0.1) is 6.92 Å². The molecule has 5 rings (SSSR count). The maximum Gasteiger partial charge on any atom is 0.247 e. The molecule has 0 saturated carbocycles. The molecular formula is C24H20BrN3OS. The summed E-state index contributed by atoms with van der Waals surface area (Å²) >= 11 is 5.20. The van der Waals surface area contributed by atoms with Crippen molar-refractivity contribution in [3.05, 3.63) is 94.0 Å². The number of aliphatic imine (C=N–C) groups is 1. The van der Waals surface area contributed by atoms with E-state index in [1.165, 1.54) is 5.56 Å². The molecule has 0 radical (unpaired) electrons. The van der Waals surface area contributed by atoms with Crippen LogP contribution in [-0.2, 0) is 10.6 Å². The Labute approximate surface area is 188 Å². The molecule has 1 unspecified atom stereocenters. The van der Waals surface area contributed by atoms with Crippen LogP contribution in [0.1, 0.15) is 23.1 Å². The number of aryl methyl sites for hydroxylation is 1. The molecule has 0 amide bonds. The lowest BCUT2D eigenvalue weighted by molar-refractivity contribution is -0.0148. The molecule has 0 spiro atoms. The van der Waals surface area contributed by atoms with Crippen molar-refractivity contribution in [2.24, 2.45) is 10.1 Å². The van der Waals surface area contributed by atoms with E-state index in [-0.39, 0.29) is 0 Å². The number of benzene rings is 3. The minimum absolute atomic E-state index is 0.601. The van der Waals surface area contributed by atoms with Gasteiger partial charge in [0.05, 0.1) is 22.8 Å². The average molecular weight is 478 g/mol. The molecule has 0 aromatic heterocycles. The van der Waals surface area contributed by atoms with Gasteiger partial charge in [-0.25, -0.2) is 4.99 Å². The molecule has 2 heterocycles. The number of hydrogen-bond donors (Lipinski definition) is 0. The molecule has 1 atom stereocenters. The normalized spacial score (nSPS) is 19.9. The van der Waals surface area contributed by atoms with Crippen LogP contribution in [0.2, 0.25) is 0 Å². The van der Waals surface area contributed by atoms with Crippen LogP contribution in [0.5, 0.6) is 0 Å². The Hall–Kier alpha value is -2.57. The third kappa shape index (κ3) is 3.15. The molecule has 0 saturated heterocycles. The van der Waals surface area contributed by atoms with Crippen LogP contribution in [0.3, 0.4) is 0 Å². The Balaban J connectivity index is 1.75. The van der Waals surface area contributed by atoms with Gasteiger partial charge in [0.25, 0.3) is 0 Å². The molecule has 3 aromatic carbocycles. The zero-order chi connectivity index (χ0) is 20.7. The van der Waals surface area contributed by atoms with Gasteiger partial charge in [-0.1, -0.05) is 75.2 Å². The maximum atomic E-state index is 6.34. The number of anilines is 1. The summed E-state index contributed by atoms with van der Waals surface area (Å²) in [5.74, 6) is 0.794. The lowest BCUT2D eigenvalue weighted by Gasteiger charge is -2.37. The Kier molecular flexibility index (Phi) is 4.91. The van der Waals surface area contributed by atoms with Gasteiger partial charge < -0.3 is 4.84 Å². The van der Waals surface area contributed by atoms with Gasteiger partial charge in [-0.3, -0.25) is 4.90 Å². The average Bonchev–Trinajstić information content (AvgIpc) is 3.07. The molecule has 0 bridgehead atoms. The fourth-order valence-corrected chi connectivity index (χ4v) is 4.71. The number of hydrogen-bond acceptors (Lipinski definition) is 5. The number of fused-ring (bicyclic) bond motifs is 3. The molecule has 0 N–H and O–H groups in total. The lowest BCUT2D eigenvalue weighted by Crippen LogP contribution is -2.47. The first-order valence-electron chi connectivity index (χ1n) is 9.71. The van der Waals surface area contributed by atoms with E-state index in [2.05, 4.69) is 81.6 Å². The quantitative estimate of drug-likeness (QED) is 0.416. The third-order valence-corrected chi connectivity index (χ3v) is 6.69. The molecular weight excluding hydrogens is 458 g/mol. The number of para-hydroxylation sites is 2. The van der Waals surface area contributed by atoms with E-state index in [1.54, 1.807) is 11.8 Å². The minimum atomic E-state index is -0.796. The second-order valence-electron chi connectivity index (χ2n) is 7.37. The van der Waals surface area contributed by atoms with Gasteiger partial charge in [0, 0.05) is 15.6 Å². The minimum Gasteiger partial charge on any atom is -0.359 e. The highest BCUT2D eigenvalue weighted by Crippen LogP contribution is 2.49. The molecule has 6 heteroatoms. The van der Waals surface area contributed by atoms with Crippen molar-refractivity contribution < 1.29 is 4.84 Å². The summed E-state index contributed by atoms with van der Waals surface area (Å²) in [5, 5.41) is 5.63. The van der Waals surface area contributed by atoms with Crippen LogP contribution in [-0.4, -0.2) is 17.1 Å². The van der Waals surface area contributed by atoms with Gasteiger partial charge in [-0.2, -0.15) is 0 Å². The summed E-state index contributed by atoms with van der Waals surface area (Å²) in [7, 11) is 0. The first kappa shape index (κ1) is 19.4. The maximum absolute atomic E-state index is 6.34. The summed E-state index contributed by atoms with van der Waals surface area (Å²) < 4.78 is 1.03. The van der Waals surface area contributed by atoms with E-state index in [9.17, 15) is 0 Å². The molecule has 0 aliphatic carbocycles. The monoisotopic (exact) mass is 477 g/mol. The summed E-state index contributed by atoms with van der Waals surface area (Å²) in [6.07, 6.45) is 2.66. The van der Waals surface area contributed by atoms with Crippen LogP contribution in [0.4, 0.5) is 11.4 Å². The van der Waals surface area contributed by atoms with Gasteiger partial charge in [-0.05, 0) is 37.4 Å². The van der Waals surface area contributed by atoms with Gasteiger partial charge in [0.2, 0.25) is 5.72 Å². The van der Waals surface area contributed by atoms with E-state index in [0.717, 1.165) is 37.9 Å². The topological polar surface area (TPSA) is 37.2 Å². The van der Waals surface area contributed by atoms with E-state index >= 15 is 0 Å². The van der Waals surface area contributed by atoms with E-state index in [4.69, 9.17) is 9.83 Å². The fraction of sp³-hybridized carbons (Fsp3) is 0.167.